The third-order valence-electron chi connectivity index (χ3n) is 2.03. The lowest BCUT2D eigenvalue weighted by molar-refractivity contribution is 0.616. The standard InChI is InChI=1S/C10H9ClN2O/c11-10-6(5-9(12)13)1-2-8-7(10)3-4-14-8/h1-4H,5H2,(H3,12,13). The van der Waals surface area contributed by atoms with Gasteiger partial charge in [0.15, 0.2) is 0 Å². The van der Waals surface area contributed by atoms with Crippen LogP contribution in [0.25, 0.3) is 11.0 Å². The Bertz CT molecular complexity index is 490. The molecule has 14 heavy (non-hydrogen) atoms. The van der Waals surface area contributed by atoms with E-state index in [1.165, 1.54) is 0 Å². The average molecular weight is 209 g/mol. The molecule has 1 aromatic carbocycles. The van der Waals surface area contributed by atoms with Gasteiger partial charge in [-0.05, 0) is 17.7 Å². The van der Waals surface area contributed by atoms with Crippen molar-refractivity contribution in [3.05, 3.63) is 35.0 Å². The number of amidine groups is 1. The summed E-state index contributed by atoms with van der Waals surface area (Å²) < 4.78 is 5.19. The van der Waals surface area contributed by atoms with Crippen LogP contribution in [0.15, 0.2) is 28.9 Å². The number of furan rings is 1. The Morgan fingerprint density at radius 1 is 1.43 bits per heavy atom. The topological polar surface area (TPSA) is 63.0 Å². The summed E-state index contributed by atoms with van der Waals surface area (Å²) in [5.74, 6) is 0.106. The van der Waals surface area contributed by atoms with E-state index >= 15 is 0 Å². The van der Waals surface area contributed by atoms with Gasteiger partial charge in [-0.25, -0.2) is 0 Å². The zero-order chi connectivity index (χ0) is 10.1. The Morgan fingerprint density at radius 2 is 2.21 bits per heavy atom. The molecule has 0 fully saturated rings. The van der Waals surface area contributed by atoms with Gasteiger partial charge in [-0.15, -0.1) is 0 Å². The minimum atomic E-state index is 0.106. The molecular formula is C10H9ClN2O. The molecule has 0 aliphatic heterocycles. The minimum absolute atomic E-state index is 0.106. The van der Waals surface area contributed by atoms with E-state index in [1.807, 2.05) is 12.1 Å². The highest BCUT2D eigenvalue weighted by Gasteiger charge is 2.07. The fraction of sp³-hybridized carbons (Fsp3) is 0.100. The second-order valence-corrected chi connectivity index (χ2v) is 3.45. The number of hydrogen-bond acceptors (Lipinski definition) is 2. The highest BCUT2D eigenvalue weighted by Crippen LogP contribution is 2.28. The van der Waals surface area contributed by atoms with Crippen LogP contribution < -0.4 is 5.73 Å². The molecular weight excluding hydrogens is 200 g/mol. The molecule has 3 nitrogen and oxygen atoms in total. The molecule has 4 heteroatoms. The number of hydrogen-bond donors (Lipinski definition) is 2. The average Bonchev–Trinajstić information content (AvgIpc) is 2.57. The van der Waals surface area contributed by atoms with Crippen LogP contribution in [0.4, 0.5) is 0 Å². The van der Waals surface area contributed by atoms with Crippen molar-refractivity contribution in [3.8, 4) is 0 Å². The summed E-state index contributed by atoms with van der Waals surface area (Å²) >= 11 is 6.11. The van der Waals surface area contributed by atoms with Gasteiger partial charge in [0.1, 0.15) is 5.58 Å². The maximum atomic E-state index is 7.20. The Hall–Kier alpha value is -1.48. The summed E-state index contributed by atoms with van der Waals surface area (Å²) in [6.07, 6.45) is 1.97. The second kappa shape index (κ2) is 3.35. The summed E-state index contributed by atoms with van der Waals surface area (Å²) in [7, 11) is 0. The number of fused-ring (bicyclic) bond motifs is 1. The predicted octanol–water partition coefficient (Wildman–Crippen LogP) is 2.56. The molecule has 0 unspecified atom stereocenters. The van der Waals surface area contributed by atoms with Crippen molar-refractivity contribution >= 4 is 28.4 Å². The number of benzene rings is 1. The van der Waals surface area contributed by atoms with Crippen molar-refractivity contribution in [1.82, 2.24) is 0 Å². The highest BCUT2D eigenvalue weighted by molar-refractivity contribution is 6.36. The second-order valence-electron chi connectivity index (χ2n) is 3.07. The quantitative estimate of drug-likeness (QED) is 0.589. The van der Waals surface area contributed by atoms with Gasteiger partial charge >= 0.3 is 0 Å². The molecule has 0 amide bonds. The molecule has 1 heterocycles. The SMILES string of the molecule is N=C(N)Cc1ccc2occc2c1Cl. The Balaban J connectivity index is 2.56. The van der Waals surface area contributed by atoms with Gasteiger partial charge in [0.05, 0.1) is 17.1 Å². The lowest BCUT2D eigenvalue weighted by atomic mass is 10.1. The first-order chi connectivity index (χ1) is 6.68. The van der Waals surface area contributed by atoms with E-state index in [-0.39, 0.29) is 5.84 Å². The van der Waals surface area contributed by atoms with E-state index in [4.69, 9.17) is 27.2 Å². The van der Waals surface area contributed by atoms with Gasteiger partial charge in [0.25, 0.3) is 0 Å². The monoisotopic (exact) mass is 208 g/mol. The Kier molecular flexibility index (Phi) is 2.17. The molecule has 0 saturated heterocycles. The summed E-state index contributed by atoms with van der Waals surface area (Å²) in [5.41, 5.74) is 6.92. The zero-order valence-corrected chi connectivity index (χ0v) is 8.14. The molecule has 72 valence electrons. The Labute approximate surface area is 86.0 Å². The summed E-state index contributed by atoms with van der Waals surface area (Å²) in [6.45, 7) is 0. The van der Waals surface area contributed by atoms with E-state index < -0.39 is 0 Å². The van der Waals surface area contributed by atoms with Gasteiger partial charge in [-0.3, -0.25) is 5.41 Å². The van der Waals surface area contributed by atoms with Crippen LogP contribution in [-0.4, -0.2) is 5.84 Å². The van der Waals surface area contributed by atoms with Crippen LogP contribution in [0, 0.1) is 5.41 Å². The first-order valence-electron chi connectivity index (χ1n) is 4.16. The van der Waals surface area contributed by atoms with Crippen molar-refractivity contribution in [2.24, 2.45) is 5.73 Å². The van der Waals surface area contributed by atoms with Crippen LogP contribution in [0.2, 0.25) is 5.02 Å². The van der Waals surface area contributed by atoms with Crippen molar-refractivity contribution in [2.75, 3.05) is 0 Å². The molecule has 1 aromatic heterocycles. The molecule has 3 N–H and O–H groups in total. The first kappa shape index (κ1) is 9.09. The van der Waals surface area contributed by atoms with Gasteiger partial charge in [-0.2, -0.15) is 0 Å². The largest absolute Gasteiger partial charge is 0.464 e. The molecule has 2 aromatic rings. The maximum Gasteiger partial charge on any atom is 0.135 e. The molecule has 0 aliphatic rings. The predicted molar refractivity (Wildman–Crippen MR) is 56.8 cm³/mol. The molecule has 0 aliphatic carbocycles. The number of rotatable bonds is 2. The molecule has 0 bridgehead atoms. The number of nitrogens with one attached hydrogen (secondary N) is 1. The maximum absolute atomic E-state index is 7.20. The van der Waals surface area contributed by atoms with Crippen LogP contribution >= 0.6 is 11.6 Å². The molecule has 0 atom stereocenters. The van der Waals surface area contributed by atoms with E-state index in [2.05, 4.69) is 0 Å². The number of nitrogens with two attached hydrogens (primary N) is 1. The fourth-order valence-electron chi connectivity index (χ4n) is 1.40. The van der Waals surface area contributed by atoms with Crippen molar-refractivity contribution < 1.29 is 4.42 Å². The van der Waals surface area contributed by atoms with Crippen LogP contribution in [-0.2, 0) is 6.42 Å². The molecule has 0 spiro atoms. The first-order valence-corrected chi connectivity index (χ1v) is 4.54. The van der Waals surface area contributed by atoms with E-state index in [0.29, 0.717) is 11.4 Å². The van der Waals surface area contributed by atoms with Crippen LogP contribution in [0.1, 0.15) is 5.56 Å². The third kappa shape index (κ3) is 1.46. The van der Waals surface area contributed by atoms with Crippen molar-refractivity contribution in [3.63, 3.8) is 0 Å². The highest BCUT2D eigenvalue weighted by atomic mass is 35.5. The minimum Gasteiger partial charge on any atom is -0.464 e. The summed E-state index contributed by atoms with van der Waals surface area (Å²) in [5, 5.41) is 8.68. The molecule has 0 saturated carbocycles. The molecule has 2 rings (SSSR count). The fourth-order valence-corrected chi connectivity index (χ4v) is 1.68. The third-order valence-corrected chi connectivity index (χ3v) is 2.48. The van der Waals surface area contributed by atoms with Gasteiger partial charge < -0.3 is 10.2 Å². The normalized spacial score (nSPS) is 10.6. The number of halogens is 1. The van der Waals surface area contributed by atoms with Crippen molar-refractivity contribution in [2.45, 2.75) is 6.42 Å². The lowest BCUT2D eigenvalue weighted by Crippen LogP contribution is -2.12. The molecule has 0 radical (unpaired) electrons. The van der Waals surface area contributed by atoms with Crippen LogP contribution in [0.3, 0.4) is 0 Å². The summed E-state index contributed by atoms with van der Waals surface area (Å²) in [6, 6.07) is 5.47. The smallest absolute Gasteiger partial charge is 0.135 e. The van der Waals surface area contributed by atoms with Gasteiger partial charge in [0, 0.05) is 11.8 Å². The van der Waals surface area contributed by atoms with Crippen molar-refractivity contribution in [1.29, 1.82) is 5.41 Å². The zero-order valence-electron chi connectivity index (χ0n) is 7.38. The van der Waals surface area contributed by atoms with Crippen LogP contribution in [0.5, 0.6) is 0 Å². The van der Waals surface area contributed by atoms with E-state index in [1.54, 1.807) is 12.3 Å². The van der Waals surface area contributed by atoms with E-state index in [0.717, 1.165) is 16.5 Å². The Morgan fingerprint density at radius 3 is 2.93 bits per heavy atom. The van der Waals surface area contributed by atoms with Gasteiger partial charge in [-0.1, -0.05) is 17.7 Å². The lowest BCUT2D eigenvalue weighted by Gasteiger charge is -2.02. The van der Waals surface area contributed by atoms with Gasteiger partial charge in [0.2, 0.25) is 0 Å². The van der Waals surface area contributed by atoms with E-state index in [9.17, 15) is 0 Å². The summed E-state index contributed by atoms with van der Waals surface area (Å²) in [4.78, 5) is 0.